The van der Waals surface area contributed by atoms with Gasteiger partial charge in [0.05, 0.1) is 11.2 Å². The minimum Gasteiger partial charge on any atom is -0.379 e. The molecule has 0 aromatic carbocycles. The van der Waals surface area contributed by atoms with Crippen LogP contribution in [0.5, 0.6) is 0 Å². The first-order chi connectivity index (χ1) is 10.2. The van der Waals surface area contributed by atoms with Crippen molar-refractivity contribution in [2.24, 2.45) is 5.92 Å². The zero-order chi connectivity index (χ0) is 14.7. The summed E-state index contributed by atoms with van der Waals surface area (Å²) in [5.74, 6) is 1.14. The Kier molecular flexibility index (Phi) is 4.19. The number of aromatic nitrogens is 4. The lowest BCUT2D eigenvalue weighted by atomic mass is 9.85. The molecule has 0 bridgehead atoms. The van der Waals surface area contributed by atoms with Crippen molar-refractivity contribution >= 4 is 17.3 Å². The molecule has 3 rings (SSSR count). The van der Waals surface area contributed by atoms with Gasteiger partial charge in [-0.3, -0.25) is 4.79 Å². The molecule has 0 aliphatic heterocycles. The quantitative estimate of drug-likeness (QED) is 0.874. The van der Waals surface area contributed by atoms with Crippen LogP contribution in [0.15, 0.2) is 21.9 Å². The van der Waals surface area contributed by atoms with Crippen molar-refractivity contribution in [3.63, 3.8) is 0 Å². The molecule has 2 aromatic heterocycles. The van der Waals surface area contributed by atoms with Crippen molar-refractivity contribution in [3.05, 3.63) is 33.8 Å². The largest absolute Gasteiger partial charge is 0.379 e. The molecule has 2 aromatic rings. The van der Waals surface area contributed by atoms with Crippen molar-refractivity contribution in [1.29, 1.82) is 0 Å². The predicted molar refractivity (Wildman–Crippen MR) is 77.3 cm³/mol. The highest BCUT2D eigenvalue weighted by atomic mass is 35.5. The molecule has 1 fully saturated rings. The molecule has 1 N–H and O–H groups in total. The van der Waals surface area contributed by atoms with Crippen LogP contribution >= 0.6 is 11.6 Å². The molecule has 0 spiro atoms. The fourth-order valence-electron chi connectivity index (χ4n) is 2.28. The number of anilines is 1. The first-order valence-electron chi connectivity index (χ1n) is 6.99. The van der Waals surface area contributed by atoms with E-state index in [1.165, 1.54) is 23.7 Å². The smallest absolute Gasteiger partial charge is 0.291 e. The van der Waals surface area contributed by atoms with Gasteiger partial charge in [0.15, 0.2) is 5.82 Å². The molecule has 1 aliphatic rings. The van der Waals surface area contributed by atoms with Crippen molar-refractivity contribution < 1.29 is 4.52 Å². The Morgan fingerprint density at radius 2 is 2.33 bits per heavy atom. The Morgan fingerprint density at radius 3 is 3.00 bits per heavy atom. The van der Waals surface area contributed by atoms with Crippen LogP contribution in [0.3, 0.4) is 0 Å². The van der Waals surface area contributed by atoms with Gasteiger partial charge in [-0.05, 0) is 18.8 Å². The van der Waals surface area contributed by atoms with Crippen molar-refractivity contribution in [2.45, 2.75) is 32.2 Å². The second-order valence-corrected chi connectivity index (χ2v) is 5.58. The topological polar surface area (TPSA) is 85.8 Å². The molecular weight excluding hydrogens is 294 g/mol. The van der Waals surface area contributed by atoms with Gasteiger partial charge in [0.25, 0.3) is 5.56 Å². The van der Waals surface area contributed by atoms with Crippen LogP contribution in [0.25, 0.3) is 0 Å². The summed E-state index contributed by atoms with van der Waals surface area (Å²) in [5, 5.41) is 11.2. The SMILES string of the molecule is O=c1c(NCCc2ncon2)c(Cl)cnn1CC1CCC1. The summed E-state index contributed by atoms with van der Waals surface area (Å²) in [6, 6.07) is 0. The highest BCUT2D eigenvalue weighted by molar-refractivity contribution is 6.32. The van der Waals surface area contributed by atoms with Gasteiger partial charge in [-0.15, -0.1) is 0 Å². The number of nitrogens with one attached hydrogen (secondary N) is 1. The Hall–Kier alpha value is -1.89. The second-order valence-electron chi connectivity index (χ2n) is 5.18. The van der Waals surface area contributed by atoms with Crippen LogP contribution in [0.2, 0.25) is 5.02 Å². The maximum Gasteiger partial charge on any atom is 0.291 e. The first kappa shape index (κ1) is 14.1. The van der Waals surface area contributed by atoms with E-state index >= 15 is 0 Å². The van der Waals surface area contributed by atoms with Gasteiger partial charge >= 0.3 is 0 Å². The average Bonchev–Trinajstić information content (AvgIpc) is 2.93. The highest BCUT2D eigenvalue weighted by Gasteiger charge is 2.20. The van der Waals surface area contributed by atoms with Crippen LogP contribution in [-0.4, -0.2) is 26.5 Å². The molecule has 7 nitrogen and oxygen atoms in total. The number of halogens is 1. The number of hydrogen-bond acceptors (Lipinski definition) is 6. The van der Waals surface area contributed by atoms with Crippen LogP contribution in [0.1, 0.15) is 25.1 Å². The summed E-state index contributed by atoms with van der Waals surface area (Å²) < 4.78 is 6.15. The molecule has 0 unspecified atom stereocenters. The van der Waals surface area contributed by atoms with Crippen molar-refractivity contribution in [1.82, 2.24) is 19.9 Å². The Balaban J connectivity index is 1.67. The van der Waals surface area contributed by atoms with Gasteiger partial charge in [0, 0.05) is 19.5 Å². The zero-order valence-corrected chi connectivity index (χ0v) is 12.2. The average molecular weight is 310 g/mol. The third kappa shape index (κ3) is 3.24. The molecule has 0 atom stereocenters. The Morgan fingerprint density at radius 1 is 1.48 bits per heavy atom. The van der Waals surface area contributed by atoms with E-state index in [0.29, 0.717) is 42.0 Å². The van der Waals surface area contributed by atoms with Gasteiger partial charge < -0.3 is 9.84 Å². The van der Waals surface area contributed by atoms with E-state index < -0.39 is 0 Å². The van der Waals surface area contributed by atoms with E-state index in [9.17, 15) is 4.79 Å². The zero-order valence-electron chi connectivity index (χ0n) is 11.5. The van der Waals surface area contributed by atoms with Gasteiger partial charge in [-0.1, -0.05) is 23.2 Å². The molecule has 8 heteroatoms. The molecule has 1 aliphatic carbocycles. The highest BCUT2D eigenvalue weighted by Crippen LogP contribution is 2.27. The molecule has 0 amide bonds. The third-order valence-electron chi connectivity index (χ3n) is 3.71. The Bertz CT molecular complexity index is 651. The molecule has 2 heterocycles. The summed E-state index contributed by atoms with van der Waals surface area (Å²) in [7, 11) is 0. The van der Waals surface area contributed by atoms with E-state index in [2.05, 4.69) is 25.1 Å². The van der Waals surface area contributed by atoms with Crippen molar-refractivity contribution in [3.8, 4) is 0 Å². The van der Waals surface area contributed by atoms with Crippen LogP contribution < -0.4 is 10.9 Å². The standard InChI is InChI=1S/C13H16ClN5O2/c14-10-6-17-19(7-9-2-1-3-9)13(20)12(10)15-5-4-11-16-8-21-18-11/h6,8-9,15H,1-5,7H2. The second kappa shape index (κ2) is 6.26. The minimum absolute atomic E-state index is 0.178. The van der Waals surface area contributed by atoms with Gasteiger partial charge in [-0.25, -0.2) is 4.68 Å². The fraction of sp³-hybridized carbons (Fsp3) is 0.538. The fourth-order valence-corrected chi connectivity index (χ4v) is 2.47. The summed E-state index contributed by atoms with van der Waals surface area (Å²) in [5.41, 5.74) is 0.206. The van der Waals surface area contributed by atoms with Crippen LogP contribution in [0, 0.1) is 5.92 Å². The normalized spacial score (nSPS) is 14.9. The lowest BCUT2D eigenvalue weighted by molar-refractivity contribution is 0.262. The molecule has 112 valence electrons. The van der Waals surface area contributed by atoms with Crippen LogP contribution in [0.4, 0.5) is 5.69 Å². The maximum absolute atomic E-state index is 12.4. The van der Waals surface area contributed by atoms with E-state index in [1.807, 2.05) is 0 Å². The predicted octanol–water partition coefficient (Wildman–Crippen LogP) is 1.73. The summed E-state index contributed by atoms with van der Waals surface area (Å²) in [6.07, 6.45) is 6.91. The monoisotopic (exact) mass is 309 g/mol. The van der Waals surface area contributed by atoms with Gasteiger partial charge in [0.2, 0.25) is 6.39 Å². The lowest BCUT2D eigenvalue weighted by Gasteiger charge is -2.25. The summed E-state index contributed by atoms with van der Waals surface area (Å²) in [6.45, 7) is 1.16. The van der Waals surface area contributed by atoms with Crippen molar-refractivity contribution in [2.75, 3.05) is 11.9 Å². The van der Waals surface area contributed by atoms with E-state index in [4.69, 9.17) is 11.6 Å². The maximum atomic E-state index is 12.4. The van der Waals surface area contributed by atoms with Crippen LogP contribution in [-0.2, 0) is 13.0 Å². The minimum atomic E-state index is -0.178. The number of nitrogens with zero attached hydrogens (tertiary/aromatic N) is 4. The number of hydrogen-bond donors (Lipinski definition) is 1. The lowest BCUT2D eigenvalue weighted by Crippen LogP contribution is -2.31. The molecular formula is C13H16ClN5O2. The molecule has 0 radical (unpaired) electrons. The third-order valence-corrected chi connectivity index (χ3v) is 4.00. The van der Waals surface area contributed by atoms with E-state index in [1.54, 1.807) is 0 Å². The summed E-state index contributed by atoms with van der Waals surface area (Å²) in [4.78, 5) is 16.3. The first-order valence-corrected chi connectivity index (χ1v) is 7.36. The molecule has 1 saturated carbocycles. The molecule has 0 saturated heterocycles. The number of rotatable bonds is 6. The summed E-state index contributed by atoms with van der Waals surface area (Å²) >= 11 is 6.06. The van der Waals surface area contributed by atoms with Gasteiger partial charge in [-0.2, -0.15) is 10.1 Å². The van der Waals surface area contributed by atoms with E-state index in [0.717, 1.165) is 12.8 Å². The molecule has 21 heavy (non-hydrogen) atoms. The van der Waals surface area contributed by atoms with Gasteiger partial charge in [0.1, 0.15) is 5.69 Å². The van der Waals surface area contributed by atoms with E-state index in [-0.39, 0.29) is 5.56 Å². The Labute approximate surface area is 126 Å².